The lowest BCUT2D eigenvalue weighted by Crippen LogP contribution is -2.45. The summed E-state index contributed by atoms with van der Waals surface area (Å²) >= 11 is 0. The minimum atomic E-state index is -0.708. The summed E-state index contributed by atoms with van der Waals surface area (Å²) in [6.07, 6.45) is -0.621. The van der Waals surface area contributed by atoms with Crippen LogP contribution in [0.4, 0.5) is 4.79 Å². The second kappa shape index (κ2) is 9.04. The van der Waals surface area contributed by atoms with E-state index >= 15 is 0 Å². The fourth-order valence-electron chi connectivity index (χ4n) is 3.05. The number of hydrogen-bond donors (Lipinski definition) is 2. The molecule has 0 fully saturated rings. The molecule has 3 rings (SSSR count). The zero-order valence-electron chi connectivity index (χ0n) is 16.0. The summed E-state index contributed by atoms with van der Waals surface area (Å²) in [6.45, 7) is 3.72. The first-order valence-corrected chi connectivity index (χ1v) is 9.30. The fourth-order valence-corrected chi connectivity index (χ4v) is 3.05. The summed E-state index contributed by atoms with van der Waals surface area (Å²) in [5, 5.41) is 7.75. The lowest BCUT2D eigenvalue weighted by Gasteiger charge is -2.20. The molecule has 0 saturated heterocycles. The second-order valence-electron chi connectivity index (χ2n) is 6.73. The molecule has 0 heterocycles. The Morgan fingerprint density at radius 2 is 1.54 bits per heavy atom. The van der Waals surface area contributed by atoms with E-state index < -0.39 is 12.1 Å². The van der Waals surface area contributed by atoms with Gasteiger partial charge in [-0.2, -0.15) is 0 Å². The fraction of sp³-hybridized carbons (Fsp3) is 0.217. The monoisotopic (exact) mass is 376 g/mol. The van der Waals surface area contributed by atoms with Gasteiger partial charge in [0.1, 0.15) is 12.6 Å². The number of carbonyl (C=O) groups is 2. The van der Waals surface area contributed by atoms with E-state index in [0.29, 0.717) is 0 Å². The lowest BCUT2D eigenvalue weighted by molar-refractivity contribution is -0.123. The minimum absolute atomic E-state index is 0.160. The zero-order chi connectivity index (χ0) is 19.9. The number of carbonyl (C=O) groups excluding carboxylic acids is 2. The van der Waals surface area contributed by atoms with Gasteiger partial charge in [0.05, 0.1) is 6.04 Å². The number of ether oxygens (including phenoxy) is 1. The molecule has 2 atom stereocenters. The molecular formula is C23H24N2O3. The van der Waals surface area contributed by atoms with E-state index in [1.54, 1.807) is 6.92 Å². The second-order valence-corrected chi connectivity index (χ2v) is 6.73. The van der Waals surface area contributed by atoms with Gasteiger partial charge in [0, 0.05) is 0 Å². The van der Waals surface area contributed by atoms with E-state index in [9.17, 15) is 9.59 Å². The molecular weight excluding hydrogens is 352 g/mol. The Kier molecular flexibility index (Phi) is 6.27. The number of nitrogens with one attached hydrogen (secondary N) is 2. The molecule has 0 aliphatic carbocycles. The molecule has 2 amide bonds. The van der Waals surface area contributed by atoms with Crippen molar-refractivity contribution in [1.82, 2.24) is 10.6 Å². The number of benzene rings is 3. The molecule has 3 aromatic rings. The molecule has 0 aliphatic rings. The van der Waals surface area contributed by atoms with Crippen molar-refractivity contribution in [1.29, 1.82) is 0 Å². The first-order chi connectivity index (χ1) is 13.5. The molecule has 5 nitrogen and oxygen atoms in total. The van der Waals surface area contributed by atoms with Crippen molar-refractivity contribution in [2.24, 2.45) is 0 Å². The van der Waals surface area contributed by atoms with E-state index in [2.05, 4.69) is 10.6 Å². The van der Waals surface area contributed by atoms with Crippen LogP contribution < -0.4 is 10.6 Å². The van der Waals surface area contributed by atoms with Crippen molar-refractivity contribution < 1.29 is 14.3 Å². The standard InChI is InChI=1S/C23H24N2O3/c1-16(20-14-8-12-19-11-6-7-13-21(19)20)24-22(26)17(2)25-23(27)28-15-18-9-4-3-5-10-18/h3-14,16-17H,15H2,1-2H3,(H,24,26)(H,25,27)/t16-,17-/m0/s1. The van der Waals surface area contributed by atoms with Crippen LogP contribution in [0.3, 0.4) is 0 Å². The topological polar surface area (TPSA) is 67.4 Å². The van der Waals surface area contributed by atoms with E-state index in [1.807, 2.05) is 79.7 Å². The van der Waals surface area contributed by atoms with Gasteiger partial charge in [0.2, 0.25) is 5.91 Å². The summed E-state index contributed by atoms with van der Waals surface area (Å²) < 4.78 is 5.17. The molecule has 2 N–H and O–H groups in total. The maximum atomic E-state index is 12.5. The average Bonchev–Trinajstić information content (AvgIpc) is 2.72. The quantitative estimate of drug-likeness (QED) is 0.673. The van der Waals surface area contributed by atoms with Crippen LogP contribution in [0, 0.1) is 0 Å². The van der Waals surface area contributed by atoms with Crippen LogP contribution in [0.2, 0.25) is 0 Å². The van der Waals surface area contributed by atoms with Crippen LogP contribution >= 0.6 is 0 Å². The normalized spacial score (nSPS) is 12.8. The van der Waals surface area contributed by atoms with Crippen LogP contribution in [0.15, 0.2) is 72.8 Å². The molecule has 0 unspecified atom stereocenters. The Balaban J connectivity index is 1.55. The molecule has 28 heavy (non-hydrogen) atoms. The van der Waals surface area contributed by atoms with Crippen molar-refractivity contribution in [2.75, 3.05) is 0 Å². The van der Waals surface area contributed by atoms with Crippen molar-refractivity contribution in [3.8, 4) is 0 Å². The van der Waals surface area contributed by atoms with Crippen LogP contribution in [0.1, 0.15) is 31.0 Å². The predicted octanol–water partition coefficient (Wildman–Crippen LogP) is 4.33. The Bertz CT molecular complexity index is 951. The molecule has 0 aromatic heterocycles. The third-order valence-electron chi connectivity index (χ3n) is 4.59. The van der Waals surface area contributed by atoms with Gasteiger partial charge in [-0.3, -0.25) is 4.79 Å². The van der Waals surface area contributed by atoms with E-state index in [1.165, 1.54) is 0 Å². The highest BCUT2D eigenvalue weighted by atomic mass is 16.5. The Morgan fingerprint density at radius 3 is 2.32 bits per heavy atom. The summed E-state index contributed by atoms with van der Waals surface area (Å²) in [5.41, 5.74) is 1.92. The number of alkyl carbamates (subject to hydrolysis) is 1. The largest absolute Gasteiger partial charge is 0.445 e. The smallest absolute Gasteiger partial charge is 0.408 e. The molecule has 0 radical (unpaired) electrons. The number of amides is 2. The van der Waals surface area contributed by atoms with Crippen molar-refractivity contribution in [3.63, 3.8) is 0 Å². The summed E-state index contributed by atoms with van der Waals surface area (Å²) in [4.78, 5) is 24.4. The lowest BCUT2D eigenvalue weighted by atomic mass is 9.99. The van der Waals surface area contributed by atoms with Gasteiger partial charge in [-0.15, -0.1) is 0 Å². The predicted molar refractivity (Wildman–Crippen MR) is 110 cm³/mol. The van der Waals surface area contributed by atoms with Gasteiger partial charge >= 0.3 is 6.09 Å². The van der Waals surface area contributed by atoms with Crippen molar-refractivity contribution in [3.05, 3.63) is 83.9 Å². The van der Waals surface area contributed by atoms with E-state index in [-0.39, 0.29) is 18.6 Å². The van der Waals surface area contributed by atoms with Gasteiger partial charge in [-0.25, -0.2) is 4.79 Å². The number of hydrogen-bond acceptors (Lipinski definition) is 3. The van der Waals surface area contributed by atoms with Crippen LogP contribution in [0.25, 0.3) is 10.8 Å². The highest BCUT2D eigenvalue weighted by molar-refractivity contribution is 5.88. The minimum Gasteiger partial charge on any atom is -0.445 e. The third-order valence-corrected chi connectivity index (χ3v) is 4.59. The molecule has 3 aromatic carbocycles. The van der Waals surface area contributed by atoms with Crippen LogP contribution in [-0.4, -0.2) is 18.0 Å². The Hall–Kier alpha value is -3.34. The summed E-state index contributed by atoms with van der Waals surface area (Å²) in [7, 11) is 0. The van der Waals surface area contributed by atoms with E-state index in [0.717, 1.165) is 21.9 Å². The molecule has 144 valence electrons. The van der Waals surface area contributed by atoms with Crippen molar-refractivity contribution in [2.45, 2.75) is 32.5 Å². The van der Waals surface area contributed by atoms with Gasteiger partial charge < -0.3 is 15.4 Å². The van der Waals surface area contributed by atoms with Gasteiger partial charge in [-0.1, -0.05) is 72.8 Å². The maximum Gasteiger partial charge on any atom is 0.408 e. The summed E-state index contributed by atoms with van der Waals surface area (Å²) in [5.74, 6) is -0.267. The molecule has 5 heteroatoms. The Morgan fingerprint density at radius 1 is 0.857 bits per heavy atom. The number of fused-ring (bicyclic) bond motifs is 1. The first-order valence-electron chi connectivity index (χ1n) is 9.30. The van der Waals surface area contributed by atoms with E-state index in [4.69, 9.17) is 4.74 Å². The van der Waals surface area contributed by atoms with Crippen LogP contribution in [0.5, 0.6) is 0 Å². The first kappa shape index (κ1) is 19.4. The molecule has 0 saturated carbocycles. The maximum absolute atomic E-state index is 12.5. The SMILES string of the molecule is C[C@H](NC(=O)OCc1ccccc1)C(=O)N[C@@H](C)c1cccc2ccccc12. The highest BCUT2D eigenvalue weighted by Crippen LogP contribution is 2.24. The van der Waals surface area contributed by atoms with Crippen LogP contribution in [-0.2, 0) is 16.1 Å². The Labute approximate surface area is 164 Å². The average molecular weight is 376 g/mol. The van der Waals surface area contributed by atoms with Gasteiger partial charge in [0.15, 0.2) is 0 Å². The summed E-state index contributed by atoms with van der Waals surface area (Å²) in [6, 6.07) is 22.6. The van der Waals surface area contributed by atoms with Gasteiger partial charge in [-0.05, 0) is 35.7 Å². The van der Waals surface area contributed by atoms with Gasteiger partial charge in [0.25, 0.3) is 0 Å². The molecule has 0 spiro atoms. The highest BCUT2D eigenvalue weighted by Gasteiger charge is 2.19. The van der Waals surface area contributed by atoms with Crippen molar-refractivity contribution >= 4 is 22.8 Å². The third kappa shape index (κ3) is 4.88. The zero-order valence-corrected chi connectivity index (χ0v) is 16.0. The molecule has 0 bridgehead atoms. The molecule has 0 aliphatic heterocycles. The number of rotatable bonds is 6.